The molecule has 1 aromatic carbocycles. The molecule has 2 rings (SSSR count). The van der Waals surface area contributed by atoms with Gasteiger partial charge in [-0.15, -0.1) is 0 Å². The minimum absolute atomic E-state index is 0.238. The van der Waals surface area contributed by atoms with Crippen molar-refractivity contribution in [1.82, 2.24) is 4.90 Å². The van der Waals surface area contributed by atoms with Gasteiger partial charge in [0.1, 0.15) is 5.75 Å². The van der Waals surface area contributed by atoms with Crippen LogP contribution in [0.5, 0.6) is 5.75 Å². The zero-order chi connectivity index (χ0) is 13.7. The van der Waals surface area contributed by atoms with E-state index in [2.05, 4.69) is 0 Å². The third kappa shape index (κ3) is 3.63. The molecule has 1 aromatic rings. The Kier molecular flexibility index (Phi) is 4.66. The van der Waals surface area contributed by atoms with Gasteiger partial charge in [0.2, 0.25) is 5.91 Å². The van der Waals surface area contributed by atoms with Gasteiger partial charge in [0.05, 0.1) is 6.61 Å². The molecule has 0 saturated carbocycles. The van der Waals surface area contributed by atoms with Gasteiger partial charge in [0, 0.05) is 30.8 Å². The first-order valence-electron chi connectivity index (χ1n) is 6.99. The van der Waals surface area contributed by atoms with Crippen molar-refractivity contribution in [2.45, 2.75) is 39.2 Å². The standard InChI is InChI=1S/C15H22N2O2/c1-2-19-14-8-7-13(16)10-12(14)11-17-9-5-3-4-6-15(17)18/h7-8,10H,2-6,9,11,16H2,1H3. The molecule has 1 fully saturated rings. The second kappa shape index (κ2) is 6.45. The highest BCUT2D eigenvalue weighted by molar-refractivity contribution is 5.76. The first-order valence-corrected chi connectivity index (χ1v) is 6.99. The molecular formula is C15H22N2O2. The Balaban J connectivity index is 2.16. The summed E-state index contributed by atoms with van der Waals surface area (Å²) >= 11 is 0. The van der Waals surface area contributed by atoms with E-state index in [9.17, 15) is 4.79 Å². The normalized spacial score (nSPS) is 16.3. The van der Waals surface area contributed by atoms with Gasteiger partial charge in [-0.25, -0.2) is 0 Å². The number of rotatable bonds is 4. The number of carbonyl (C=O) groups excluding carboxylic acids is 1. The number of ether oxygens (including phenoxy) is 1. The molecule has 0 aromatic heterocycles. The molecule has 0 radical (unpaired) electrons. The summed E-state index contributed by atoms with van der Waals surface area (Å²) in [6, 6.07) is 5.62. The summed E-state index contributed by atoms with van der Waals surface area (Å²) < 4.78 is 5.61. The fourth-order valence-electron chi connectivity index (χ4n) is 2.43. The number of anilines is 1. The first-order chi connectivity index (χ1) is 9.20. The summed E-state index contributed by atoms with van der Waals surface area (Å²) in [5.74, 6) is 1.07. The maximum absolute atomic E-state index is 12.0. The average molecular weight is 262 g/mol. The molecule has 1 saturated heterocycles. The van der Waals surface area contributed by atoms with Gasteiger partial charge < -0.3 is 15.4 Å². The zero-order valence-corrected chi connectivity index (χ0v) is 11.5. The van der Waals surface area contributed by atoms with Crippen LogP contribution in [0.1, 0.15) is 38.2 Å². The summed E-state index contributed by atoms with van der Waals surface area (Å²) in [5.41, 5.74) is 7.54. The second-order valence-electron chi connectivity index (χ2n) is 4.93. The maximum Gasteiger partial charge on any atom is 0.222 e. The van der Waals surface area contributed by atoms with Crippen LogP contribution in [0.4, 0.5) is 5.69 Å². The fraction of sp³-hybridized carbons (Fsp3) is 0.533. The van der Waals surface area contributed by atoms with Gasteiger partial charge in [0.15, 0.2) is 0 Å². The van der Waals surface area contributed by atoms with E-state index in [0.29, 0.717) is 25.3 Å². The third-order valence-electron chi connectivity index (χ3n) is 3.42. The van der Waals surface area contributed by atoms with Gasteiger partial charge in [-0.2, -0.15) is 0 Å². The molecular weight excluding hydrogens is 240 g/mol. The number of likely N-dealkylation sites (tertiary alicyclic amines) is 1. The number of nitrogens with two attached hydrogens (primary N) is 1. The van der Waals surface area contributed by atoms with Crippen molar-refractivity contribution in [3.8, 4) is 5.75 Å². The number of hydrogen-bond donors (Lipinski definition) is 1. The summed E-state index contributed by atoms with van der Waals surface area (Å²) in [7, 11) is 0. The van der Waals surface area contributed by atoms with Gasteiger partial charge in [-0.1, -0.05) is 6.42 Å². The van der Waals surface area contributed by atoms with Crippen molar-refractivity contribution in [2.75, 3.05) is 18.9 Å². The topological polar surface area (TPSA) is 55.6 Å². The smallest absolute Gasteiger partial charge is 0.222 e. The van der Waals surface area contributed by atoms with Crippen molar-refractivity contribution >= 4 is 11.6 Å². The molecule has 1 aliphatic heterocycles. The number of hydrogen-bond acceptors (Lipinski definition) is 3. The highest BCUT2D eigenvalue weighted by Crippen LogP contribution is 2.24. The first kappa shape index (κ1) is 13.7. The predicted octanol–water partition coefficient (Wildman–Crippen LogP) is 2.57. The lowest BCUT2D eigenvalue weighted by Gasteiger charge is -2.22. The number of carbonyl (C=O) groups is 1. The molecule has 19 heavy (non-hydrogen) atoms. The lowest BCUT2D eigenvalue weighted by molar-refractivity contribution is -0.131. The van der Waals surface area contributed by atoms with E-state index >= 15 is 0 Å². The Morgan fingerprint density at radius 3 is 2.95 bits per heavy atom. The lowest BCUT2D eigenvalue weighted by Crippen LogP contribution is -2.29. The molecule has 0 bridgehead atoms. The monoisotopic (exact) mass is 262 g/mol. The van der Waals surface area contributed by atoms with Crippen LogP contribution in [0.2, 0.25) is 0 Å². The van der Waals surface area contributed by atoms with E-state index in [1.165, 1.54) is 0 Å². The van der Waals surface area contributed by atoms with Crippen LogP contribution in [-0.4, -0.2) is 24.0 Å². The van der Waals surface area contributed by atoms with Crippen LogP contribution >= 0.6 is 0 Å². The van der Waals surface area contributed by atoms with Crippen LogP contribution in [0, 0.1) is 0 Å². The van der Waals surface area contributed by atoms with Gasteiger partial charge in [-0.05, 0) is 38.0 Å². The van der Waals surface area contributed by atoms with Crippen molar-refractivity contribution < 1.29 is 9.53 Å². The van der Waals surface area contributed by atoms with Crippen molar-refractivity contribution in [3.63, 3.8) is 0 Å². The minimum atomic E-state index is 0.238. The molecule has 1 heterocycles. The van der Waals surface area contributed by atoms with Crippen molar-refractivity contribution in [1.29, 1.82) is 0 Å². The molecule has 4 nitrogen and oxygen atoms in total. The third-order valence-corrected chi connectivity index (χ3v) is 3.42. The van der Waals surface area contributed by atoms with E-state index in [1.54, 1.807) is 0 Å². The summed E-state index contributed by atoms with van der Waals surface area (Å²) in [5, 5.41) is 0. The lowest BCUT2D eigenvalue weighted by atomic mass is 10.1. The molecule has 0 unspecified atom stereocenters. The van der Waals surface area contributed by atoms with Gasteiger partial charge in [0.25, 0.3) is 0 Å². The summed E-state index contributed by atoms with van der Waals surface area (Å²) in [6.07, 6.45) is 3.88. The largest absolute Gasteiger partial charge is 0.494 e. The Bertz CT molecular complexity index is 446. The molecule has 104 valence electrons. The minimum Gasteiger partial charge on any atom is -0.494 e. The predicted molar refractivity (Wildman–Crippen MR) is 75.9 cm³/mol. The van der Waals surface area contributed by atoms with E-state index in [4.69, 9.17) is 10.5 Å². The molecule has 0 spiro atoms. The van der Waals surface area contributed by atoms with E-state index < -0.39 is 0 Å². The van der Waals surface area contributed by atoms with Crippen LogP contribution in [0.25, 0.3) is 0 Å². The Hall–Kier alpha value is -1.71. The van der Waals surface area contributed by atoms with E-state index in [0.717, 1.165) is 37.1 Å². The van der Waals surface area contributed by atoms with Crippen LogP contribution < -0.4 is 10.5 Å². The number of nitrogen functional groups attached to an aromatic ring is 1. The van der Waals surface area contributed by atoms with E-state index in [1.807, 2.05) is 30.0 Å². The SMILES string of the molecule is CCOc1ccc(N)cc1CN1CCCCCC1=O. The van der Waals surface area contributed by atoms with Crippen LogP contribution in [-0.2, 0) is 11.3 Å². The zero-order valence-electron chi connectivity index (χ0n) is 11.5. The summed E-state index contributed by atoms with van der Waals surface area (Å²) in [4.78, 5) is 13.9. The number of benzene rings is 1. The molecule has 1 aliphatic rings. The van der Waals surface area contributed by atoms with Crippen molar-refractivity contribution in [3.05, 3.63) is 23.8 Å². The van der Waals surface area contributed by atoms with Crippen LogP contribution in [0.3, 0.4) is 0 Å². The Morgan fingerprint density at radius 1 is 1.32 bits per heavy atom. The quantitative estimate of drug-likeness (QED) is 0.848. The van der Waals surface area contributed by atoms with E-state index in [-0.39, 0.29) is 5.91 Å². The van der Waals surface area contributed by atoms with Gasteiger partial charge >= 0.3 is 0 Å². The molecule has 0 atom stereocenters. The molecule has 2 N–H and O–H groups in total. The summed E-state index contributed by atoms with van der Waals surface area (Å²) in [6.45, 7) is 4.00. The second-order valence-corrected chi connectivity index (χ2v) is 4.93. The Labute approximate surface area is 114 Å². The Morgan fingerprint density at radius 2 is 2.16 bits per heavy atom. The van der Waals surface area contributed by atoms with Crippen LogP contribution in [0.15, 0.2) is 18.2 Å². The molecule has 4 heteroatoms. The molecule has 1 amide bonds. The maximum atomic E-state index is 12.0. The molecule has 0 aliphatic carbocycles. The van der Waals surface area contributed by atoms with Crippen molar-refractivity contribution in [2.24, 2.45) is 0 Å². The van der Waals surface area contributed by atoms with Gasteiger partial charge in [-0.3, -0.25) is 4.79 Å². The number of nitrogens with zero attached hydrogens (tertiary/aromatic N) is 1. The highest BCUT2D eigenvalue weighted by atomic mass is 16.5. The highest BCUT2D eigenvalue weighted by Gasteiger charge is 2.18. The number of amides is 1. The average Bonchev–Trinajstić information content (AvgIpc) is 2.59. The fourth-order valence-corrected chi connectivity index (χ4v) is 2.43.